The number of piperazine rings is 1. The predicted molar refractivity (Wildman–Crippen MR) is 136 cm³/mol. The van der Waals surface area contributed by atoms with Crippen molar-refractivity contribution in [2.45, 2.75) is 12.9 Å². The number of amides is 1. The Morgan fingerprint density at radius 2 is 1.64 bits per heavy atom. The highest BCUT2D eigenvalue weighted by Gasteiger charge is 2.31. The van der Waals surface area contributed by atoms with E-state index >= 15 is 0 Å². The lowest BCUT2D eigenvalue weighted by molar-refractivity contribution is -0.274. The molecule has 9 nitrogen and oxygen atoms in total. The quantitative estimate of drug-likeness (QED) is 0.402. The summed E-state index contributed by atoms with van der Waals surface area (Å²) in [7, 11) is 0. The van der Waals surface area contributed by atoms with Gasteiger partial charge < -0.3 is 19.6 Å². The zero-order chi connectivity index (χ0) is 27.6. The van der Waals surface area contributed by atoms with Gasteiger partial charge >= 0.3 is 12.1 Å². The van der Waals surface area contributed by atoms with Gasteiger partial charge in [-0.15, -0.1) is 13.2 Å². The van der Waals surface area contributed by atoms with E-state index in [-0.39, 0.29) is 18.1 Å². The summed E-state index contributed by atoms with van der Waals surface area (Å²) in [5.74, 6) is -1.08. The topological polar surface area (TPSA) is 92.8 Å². The van der Waals surface area contributed by atoms with Gasteiger partial charge in [0.2, 0.25) is 5.88 Å². The summed E-state index contributed by atoms with van der Waals surface area (Å²) in [5, 5.41) is 10.4. The molecule has 39 heavy (non-hydrogen) atoms. The van der Waals surface area contributed by atoms with Crippen LogP contribution in [0.5, 0.6) is 11.6 Å². The number of alkyl halides is 3. The molecule has 0 spiro atoms. The number of anilines is 1. The zero-order valence-corrected chi connectivity index (χ0v) is 20.6. The largest absolute Gasteiger partial charge is 0.573 e. The fourth-order valence-corrected chi connectivity index (χ4v) is 4.55. The predicted octanol–water partition coefficient (Wildman–Crippen LogP) is 3.65. The number of hydrogen-bond donors (Lipinski definition) is 1. The van der Waals surface area contributed by atoms with Gasteiger partial charge in [-0.1, -0.05) is 18.2 Å². The molecule has 0 radical (unpaired) electrons. The monoisotopic (exact) mass is 539 g/mol. The third kappa shape index (κ3) is 5.74. The van der Waals surface area contributed by atoms with E-state index in [0.717, 1.165) is 22.4 Å². The molecule has 1 N–H and O–H groups in total. The van der Waals surface area contributed by atoms with Crippen LogP contribution in [0.1, 0.15) is 15.9 Å². The van der Waals surface area contributed by atoms with E-state index in [1.807, 2.05) is 30.3 Å². The number of ether oxygens (including phenoxy) is 1. The van der Waals surface area contributed by atoms with Crippen LogP contribution in [0.25, 0.3) is 5.69 Å². The SMILES string of the molecule is O=C(c1cnccc1Cn1cc(O)n(-c2ccc(OC(F)(F)F)cc2)c1=O)N1CCN(c2ccccc2)CC1. The van der Waals surface area contributed by atoms with E-state index < -0.39 is 23.7 Å². The van der Waals surface area contributed by atoms with E-state index in [0.29, 0.717) is 37.3 Å². The molecular formula is C27H24F3N5O4. The molecule has 5 rings (SSSR count). The summed E-state index contributed by atoms with van der Waals surface area (Å²) in [6, 6.07) is 16.1. The van der Waals surface area contributed by atoms with Gasteiger partial charge in [-0.2, -0.15) is 0 Å². The lowest BCUT2D eigenvalue weighted by Crippen LogP contribution is -2.49. The molecule has 12 heteroatoms. The average molecular weight is 540 g/mol. The number of carbonyl (C=O) groups is 1. The maximum Gasteiger partial charge on any atom is 0.573 e. The maximum absolute atomic E-state index is 13.4. The minimum Gasteiger partial charge on any atom is -0.493 e. The third-order valence-corrected chi connectivity index (χ3v) is 6.44. The molecule has 1 aliphatic heterocycles. The van der Waals surface area contributed by atoms with Gasteiger partial charge in [-0.3, -0.25) is 14.3 Å². The van der Waals surface area contributed by atoms with Crippen LogP contribution in [0.2, 0.25) is 0 Å². The molecule has 4 aromatic rings. The van der Waals surface area contributed by atoms with Gasteiger partial charge in [0.05, 0.1) is 24.0 Å². The van der Waals surface area contributed by atoms with Crippen LogP contribution in [0.3, 0.4) is 0 Å². The van der Waals surface area contributed by atoms with Crippen LogP contribution in [-0.2, 0) is 6.54 Å². The molecule has 2 aromatic heterocycles. The number of pyridine rings is 1. The van der Waals surface area contributed by atoms with E-state index in [4.69, 9.17) is 0 Å². The zero-order valence-electron chi connectivity index (χ0n) is 20.6. The molecule has 0 atom stereocenters. The van der Waals surface area contributed by atoms with E-state index in [9.17, 15) is 27.9 Å². The summed E-state index contributed by atoms with van der Waals surface area (Å²) >= 11 is 0. The second kappa shape index (κ2) is 10.6. The van der Waals surface area contributed by atoms with Gasteiger partial charge in [-0.25, -0.2) is 9.36 Å². The summed E-state index contributed by atoms with van der Waals surface area (Å²) in [4.78, 5) is 34.6. The summed E-state index contributed by atoms with van der Waals surface area (Å²) in [6.45, 7) is 2.37. The number of rotatable bonds is 6. The first-order valence-electron chi connectivity index (χ1n) is 12.1. The van der Waals surface area contributed by atoms with Gasteiger partial charge in [0.1, 0.15) is 5.75 Å². The minimum atomic E-state index is -4.85. The van der Waals surface area contributed by atoms with Crippen LogP contribution in [0.15, 0.2) is 84.0 Å². The van der Waals surface area contributed by atoms with Crippen LogP contribution < -0.4 is 15.3 Å². The van der Waals surface area contributed by atoms with Crippen LogP contribution in [0, 0.1) is 0 Å². The van der Waals surface area contributed by atoms with Crippen molar-refractivity contribution in [1.82, 2.24) is 19.0 Å². The molecule has 0 aliphatic carbocycles. The number of para-hydroxylation sites is 1. The standard InChI is InChI=1S/C27H24F3N5O4/c28-27(29,30)39-22-8-6-21(7-9-22)35-24(36)18-34(26(35)38)17-19-10-11-31-16-23(19)25(37)33-14-12-32(13-15-33)20-4-2-1-3-5-20/h1-11,16,18,36H,12-15,17H2. The Kier molecular flexibility index (Phi) is 7.01. The molecule has 2 aromatic carbocycles. The Morgan fingerprint density at radius 3 is 2.31 bits per heavy atom. The molecule has 3 heterocycles. The smallest absolute Gasteiger partial charge is 0.493 e. The molecule has 1 fully saturated rings. The number of imidazole rings is 1. The molecular weight excluding hydrogens is 515 g/mol. The molecule has 1 saturated heterocycles. The molecule has 0 saturated carbocycles. The van der Waals surface area contributed by atoms with Gasteiger partial charge in [0.15, 0.2) is 0 Å². The fourth-order valence-electron chi connectivity index (χ4n) is 4.55. The van der Waals surface area contributed by atoms with Crippen LogP contribution in [0.4, 0.5) is 18.9 Å². The van der Waals surface area contributed by atoms with Crippen LogP contribution in [-0.4, -0.2) is 62.6 Å². The Balaban J connectivity index is 1.32. The number of nitrogens with zero attached hydrogens (tertiary/aromatic N) is 5. The van der Waals surface area contributed by atoms with Gasteiger partial charge in [0.25, 0.3) is 5.91 Å². The first-order valence-corrected chi connectivity index (χ1v) is 12.1. The van der Waals surface area contributed by atoms with Crippen molar-refractivity contribution >= 4 is 11.6 Å². The highest BCUT2D eigenvalue weighted by molar-refractivity contribution is 5.95. The third-order valence-electron chi connectivity index (χ3n) is 6.44. The fraction of sp³-hybridized carbons (Fsp3) is 0.222. The maximum atomic E-state index is 13.4. The van der Waals surface area contributed by atoms with Crippen molar-refractivity contribution in [2.24, 2.45) is 0 Å². The summed E-state index contributed by atoms with van der Waals surface area (Å²) in [6.07, 6.45) is -0.669. The normalized spacial score (nSPS) is 13.9. The van der Waals surface area contributed by atoms with Gasteiger partial charge in [0, 0.05) is 44.3 Å². The van der Waals surface area contributed by atoms with Crippen LogP contribution >= 0.6 is 0 Å². The highest BCUT2D eigenvalue weighted by Crippen LogP contribution is 2.25. The van der Waals surface area contributed by atoms with Crippen molar-refractivity contribution < 1.29 is 27.8 Å². The highest BCUT2D eigenvalue weighted by atomic mass is 19.4. The lowest BCUT2D eigenvalue weighted by Gasteiger charge is -2.36. The number of hydrogen-bond acceptors (Lipinski definition) is 6. The summed E-state index contributed by atoms with van der Waals surface area (Å²) < 4.78 is 43.4. The molecule has 0 bridgehead atoms. The Morgan fingerprint density at radius 1 is 0.949 bits per heavy atom. The number of benzene rings is 2. The van der Waals surface area contributed by atoms with Gasteiger partial charge in [-0.05, 0) is 48.0 Å². The van der Waals surface area contributed by atoms with E-state index in [2.05, 4.69) is 14.6 Å². The van der Waals surface area contributed by atoms with Crippen molar-refractivity contribution in [1.29, 1.82) is 0 Å². The second-order valence-corrected chi connectivity index (χ2v) is 8.92. The first-order chi connectivity index (χ1) is 18.7. The number of halogens is 3. The van der Waals surface area contributed by atoms with Crippen molar-refractivity contribution in [3.63, 3.8) is 0 Å². The minimum absolute atomic E-state index is 0.0256. The van der Waals surface area contributed by atoms with E-state index in [1.165, 1.54) is 35.3 Å². The average Bonchev–Trinajstić information content (AvgIpc) is 3.21. The molecule has 0 unspecified atom stereocenters. The van der Waals surface area contributed by atoms with Crippen molar-refractivity contribution in [2.75, 3.05) is 31.1 Å². The first kappa shape index (κ1) is 25.9. The lowest BCUT2D eigenvalue weighted by atomic mass is 10.1. The number of aromatic hydroxyl groups is 1. The number of aromatic nitrogens is 3. The molecule has 1 amide bonds. The second-order valence-electron chi connectivity index (χ2n) is 8.92. The Labute approximate surface area is 220 Å². The van der Waals surface area contributed by atoms with E-state index in [1.54, 1.807) is 11.0 Å². The van der Waals surface area contributed by atoms with Crippen molar-refractivity contribution in [3.05, 3.63) is 101 Å². The molecule has 202 valence electrons. The molecule has 1 aliphatic rings. The van der Waals surface area contributed by atoms with Crippen molar-refractivity contribution in [3.8, 4) is 17.3 Å². The Bertz CT molecular complexity index is 1510. The summed E-state index contributed by atoms with van der Waals surface area (Å²) in [5.41, 5.74) is 1.49. The Hall–Kier alpha value is -4.74. The number of carbonyl (C=O) groups excluding carboxylic acids is 1.